The van der Waals surface area contributed by atoms with Gasteiger partial charge in [0.2, 0.25) is 0 Å². The zero-order valence-corrected chi connectivity index (χ0v) is 11.6. The highest BCUT2D eigenvalue weighted by molar-refractivity contribution is 6.44. The van der Waals surface area contributed by atoms with Crippen molar-refractivity contribution in [1.82, 2.24) is 0 Å². The number of ether oxygens (including phenoxy) is 2. The molecule has 2 rings (SSSR count). The first-order valence-corrected chi connectivity index (χ1v) is 6.45. The van der Waals surface area contributed by atoms with Gasteiger partial charge >= 0.3 is 13.1 Å². The third-order valence-electron chi connectivity index (χ3n) is 2.97. The van der Waals surface area contributed by atoms with Gasteiger partial charge in [0.1, 0.15) is 30.3 Å². The average Bonchev–Trinajstić information content (AvgIpc) is 2.46. The van der Waals surface area contributed by atoms with Crippen LogP contribution in [-0.4, -0.2) is 43.5 Å². The lowest BCUT2D eigenvalue weighted by atomic mass is 9.78. The molecule has 0 bridgehead atoms. The largest absolute Gasteiger partial charge is 0.535 e. The minimum atomic E-state index is -1.17. The van der Waals surface area contributed by atoms with Crippen molar-refractivity contribution in [1.29, 1.82) is 0 Å². The molecular formula is C14H15BO6. The van der Waals surface area contributed by atoms with E-state index in [2.05, 4.69) is 11.8 Å². The number of fused-ring (bicyclic) bond motifs is 1. The minimum Gasteiger partial charge on any atom is -0.535 e. The molecule has 0 spiro atoms. The van der Waals surface area contributed by atoms with Gasteiger partial charge in [0.25, 0.3) is 0 Å². The molecule has 0 radical (unpaired) electrons. The van der Waals surface area contributed by atoms with Gasteiger partial charge in [0.15, 0.2) is 0 Å². The Morgan fingerprint density at radius 3 is 2.90 bits per heavy atom. The van der Waals surface area contributed by atoms with Crippen molar-refractivity contribution in [2.75, 3.05) is 20.3 Å². The number of carbonyl (C=O) groups is 1. The van der Waals surface area contributed by atoms with Gasteiger partial charge in [-0.1, -0.05) is 17.9 Å². The Labute approximate surface area is 122 Å². The standard InChI is InChI=1S/C14H15BO6/c1-19-8-2-3-9-20-11-5-4-10-6-7-15(18)21-13(10)12(11)14(16)17/h4-5,18H,6-9H2,1H3,(H,16,17). The molecular weight excluding hydrogens is 275 g/mol. The highest BCUT2D eigenvalue weighted by Gasteiger charge is 2.29. The van der Waals surface area contributed by atoms with Gasteiger partial charge in [-0.2, -0.15) is 0 Å². The second-order valence-electron chi connectivity index (χ2n) is 4.42. The molecule has 0 atom stereocenters. The summed E-state index contributed by atoms with van der Waals surface area (Å²) in [7, 11) is 0.539. The Bertz CT molecular complexity index is 589. The monoisotopic (exact) mass is 290 g/mol. The predicted octanol–water partition coefficient (Wildman–Crippen LogP) is 0.829. The first-order chi connectivity index (χ1) is 10.1. The van der Waals surface area contributed by atoms with Crippen LogP contribution in [0.5, 0.6) is 11.5 Å². The van der Waals surface area contributed by atoms with E-state index in [0.29, 0.717) is 12.7 Å². The van der Waals surface area contributed by atoms with Gasteiger partial charge in [0, 0.05) is 7.11 Å². The van der Waals surface area contributed by atoms with Crippen LogP contribution in [0.2, 0.25) is 6.32 Å². The fourth-order valence-electron chi connectivity index (χ4n) is 2.02. The van der Waals surface area contributed by atoms with Crippen molar-refractivity contribution in [3.63, 3.8) is 0 Å². The SMILES string of the molecule is COCC#CCOc1ccc2c(c1C(=O)O)OB(O)CC2. The number of aromatic carboxylic acids is 1. The van der Waals surface area contributed by atoms with Crippen LogP contribution in [0.4, 0.5) is 0 Å². The molecule has 1 heterocycles. The van der Waals surface area contributed by atoms with E-state index < -0.39 is 13.1 Å². The fraction of sp³-hybridized carbons (Fsp3) is 0.357. The molecule has 7 heteroatoms. The molecule has 6 nitrogen and oxygen atoms in total. The maximum absolute atomic E-state index is 11.4. The lowest BCUT2D eigenvalue weighted by Gasteiger charge is -2.22. The fourth-order valence-corrected chi connectivity index (χ4v) is 2.02. The molecule has 21 heavy (non-hydrogen) atoms. The van der Waals surface area contributed by atoms with E-state index in [9.17, 15) is 14.9 Å². The quantitative estimate of drug-likeness (QED) is 0.631. The molecule has 1 aliphatic heterocycles. The van der Waals surface area contributed by atoms with Crippen molar-refractivity contribution >= 4 is 13.1 Å². The molecule has 0 saturated heterocycles. The molecule has 110 valence electrons. The number of benzene rings is 1. The van der Waals surface area contributed by atoms with Crippen LogP contribution in [0.3, 0.4) is 0 Å². The molecule has 0 aliphatic carbocycles. The predicted molar refractivity (Wildman–Crippen MR) is 75.7 cm³/mol. The van der Waals surface area contributed by atoms with Crippen LogP contribution in [0.1, 0.15) is 15.9 Å². The summed E-state index contributed by atoms with van der Waals surface area (Å²) in [6, 6.07) is 3.33. The highest BCUT2D eigenvalue weighted by atomic mass is 16.5. The van der Waals surface area contributed by atoms with E-state index in [1.54, 1.807) is 12.1 Å². The van der Waals surface area contributed by atoms with Crippen molar-refractivity contribution in [3.05, 3.63) is 23.3 Å². The molecule has 0 fully saturated rings. The third-order valence-corrected chi connectivity index (χ3v) is 2.97. The van der Waals surface area contributed by atoms with Crippen LogP contribution in [0.25, 0.3) is 0 Å². The summed E-state index contributed by atoms with van der Waals surface area (Å²) in [5.74, 6) is 4.59. The van der Waals surface area contributed by atoms with E-state index in [1.165, 1.54) is 7.11 Å². The topological polar surface area (TPSA) is 85.2 Å². The van der Waals surface area contributed by atoms with Gasteiger partial charge in [-0.25, -0.2) is 4.79 Å². The summed E-state index contributed by atoms with van der Waals surface area (Å²) in [4.78, 5) is 11.4. The van der Waals surface area contributed by atoms with Crippen molar-refractivity contribution < 1.29 is 29.1 Å². The van der Waals surface area contributed by atoms with Crippen molar-refractivity contribution in [3.8, 4) is 23.3 Å². The number of methoxy groups -OCH3 is 1. The third kappa shape index (κ3) is 3.69. The van der Waals surface area contributed by atoms with Gasteiger partial charge in [-0.05, 0) is 24.4 Å². The van der Waals surface area contributed by atoms with Crippen molar-refractivity contribution in [2.24, 2.45) is 0 Å². The Hall–Kier alpha value is -2.17. The number of hydrogen-bond donors (Lipinski definition) is 2. The smallest absolute Gasteiger partial charge is 0.522 e. The van der Waals surface area contributed by atoms with Crippen molar-refractivity contribution in [2.45, 2.75) is 12.7 Å². The van der Waals surface area contributed by atoms with E-state index in [1.807, 2.05) is 0 Å². The van der Waals surface area contributed by atoms with E-state index >= 15 is 0 Å². The van der Waals surface area contributed by atoms with Gasteiger partial charge in [-0.3, -0.25) is 0 Å². The Balaban J connectivity index is 2.24. The second-order valence-corrected chi connectivity index (χ2v) is 4.42. The van der Waals surface area contributed by atoms with Crippen LogP contribution < -0.4 is 9.39 Å². The summed E-state index contributed by atoms with van der Waals surface area (Å²) in [6.07, 6.45) is 0.999. The number of hydrogen-bond acceptors (Lipinski definition) is 5. The zero-order chi connectivity index (χ0) is 15.2. The first-order valence-electron chi connectivity index (χ1n) is 6.45. The van der Waals surface area contributed by atoms with Gasteiger partial charge in [0.05, 0.1) is 0 Å². The van der Waals surface area contributed by atoms with E-state index in [0.717, 1.165) is 5.56 Å². The lowest BCUT2D eigenvalue weighted by Crippen LogP contribution is -2.28. The Morgan fingerprint density at radius 1 is 1.43 bits per heavy atom. The molecule has 1 aliphatic rings. The highest BCUT2D eigenvalue weighted by Crippen LogP contribution is 2.36. The van der Waals surface area contributed by atoms with E-state index in [-0.39, 0.29) is 30.3 Å². The summed E-state index contributed by atoms with van der Waals surface area (Å²) in [5.41, 5.74) is 0.662. The molecule has 0 amide bonds. The number of aryl methyl sites for hydroxylation is 1. The van der Waals surface area contributed by atoms with E-state index in [4.69, 9.17) is 14.1 Å². The summed E-state index contributed by atoms with van der Waals surface area (Å²) < 4.78 is 15.4. The number of carboxylic acid groups (broad SMARTS) is 1. The van der Waals surface area contributed by atoms with Crippen LogP contribution in [-0.2, 0) is 11.2 Å². The van der Waals surface area contributed by atoms with Crippen LogP contribution >= 0.6 is 0 Å². The number of carboxylic acids is 1. The van der Waals surface area contributed by atoms with Gasteiger partial charge < -0.3 is 24.3 Å². The Morgan fingerprint density at radius 2 is 2.19 bits per heavy atom. The zero-order valence-electron chi connectivity index (χ0n) is 11.6. The molecule has 0 saturated carbocycles. The molecule has 2 N–H and O–H groups in total. The second kappa shape index (κ2) is 7.02. The summed E-state index contributed by atoms with van der Waals surface area (Å²) >= 11 is 0. The first kappa shape index (κ1) is 15.2. The minimum absolute atomic E-state index is 0.0466. The molecule has 0 aromatic heterocycles. The average molecular weight is 290 g/mol. The number of rotatable bonds is 4. The summed E-state index contributed by atoms with van der Waals surface area (Å²) in [6.45, 7) is 0.333. The normalized spacial score (nSPS) is 12.8. The molecule has 0 unspecified atom stereocenters. The molecule has 1 aromatic carbocycles. The van der Waals surface area contributed by atoms with Crippen LogP contribution in [0.15, 0.2) is 12.1 Å². The lowest BCUT2D eigenvalue weighted by molar-refractivity contribution is 0.0690. The maximum atomic E-state index is 11.4. The maximum Gasteiger partial charge on any atom is 0.522 e. The van der Waals surface area contributed by atoms with Crippen LogP contribution in [0, 0.1) is 11.8 Å². The Kier molecular flexibility index (Phi) is 5.09. The summed E-state index contributed by atoms with van der Waals surface area (Å²) in [5, 5.41) is 18.9. The van der Waals surface area contributed by atoms with Gasteiger partial charge in [-0.15, -0.1) is 0 Å². The molecule has 1 aromatic rings.